The molecule has 12 heavy (non-hydrogen) atoms. The van der Waals surface area contributed by atoms with Crippen LogP contribution in [0.4, 0.5) is 0 Å². The maximum Gasteiger partial charge on any atom is 0.224 e. The summed E-state index contributed by atoms with van der Waals surface area (Å²) in [6, 6.07) is 0. The van der Waals surface area contributed by atoms with Gasteiger partial charge in [0.2, 0.25) is 3.12 Å². The maximum atomic E-state index is 11.1. The van der Waals surface area contributed by atoms with Gasteiger partial charge in [0.25, 0.3) is 0 Å². The lowest BCUT2D eigenvalue weighted by Crippen LogP contribution is -2.39. The molecular weight excluding hydrogens is 267 g/mol. The minimum atomic E-state index is -3.47. The van der Waals surface area contributed by atoms with Gasteiger partial charge in [0, 0.05) is 6.26 Å². The molecule has 0 amide bonds. The van der Waals surface area contributed by atoms with Crippen LogP contribution in [-0.2, 0) is 9.84 Å². The smallest absolute Gasteiger partial charge is 0.224 e. The summed E-state index contributed by atoms with van der Waals surface area (Å²) in [5.74, 6) is 0.0246. The van der Waals surface area contributed by atoms with Crippen LogP contribution < -0.4 is 0 Å². The molecule has 0 aromatic rings. The van der Waals surface area contributed by atoms with Crippen LogP contribution in [0.2, 0.25) is 0 Å². The molecule has 0 saturated heterocycles. The van der Waals surface area contributed by atoms with E-state index in [2.05, 4.69) is 15.9 Å². The van der Waals surface area contributed by atoms with E-state index in [0.29, 0.717) is 0 Å². The highest BCUT2D eigenvalue weighted by Crippen LogP contribution is 2.45. The van der Waals surface area contributed by atoms with E-state index < -0.39 is 19.1 Å². The summed E-state index contributed by atoms with van der Waals surface area (Å²) in [5, 5.41) is 9.49. The molecule has 3 nitrogen and oxygen atoms in total. The van der Waals surface area contributed by atoms with Gasteiger partial charge < -0.3 is 5.11 Å². The second-order valence-electron chi connectivity index (χ2n) is 3.12. The van der Waals surface area contributed by atoms with Crippen LogP contribution in [0.15, 0.2) is 0 Å². The summed E-state index contributed by atoms with van der Waals surface area (Å²) in [6.45, 7) is 0. The van der Waals surface area contributed by atoms with Gasteiger partial charge in [-0.25, -0.2) is 8.42 Å². The van der Waals surface area contributed by atoms with Gasteiger partial charge in [-0.05, 0) is 34.7 Å². The molecule has 2 atom stereocenters. The highest BCUT2D eigenvalue weighted by molar-refractivity contribution is 9.12. The van der Waals surface area contributed by atoms with Crippen molar-refractivity contribution in [3.63, 3.8) is 0 Å². The van der Waals surface area contributed by atoms with E-state index in [4.69, 9.17) is 11.6 Å². The van der Waals surface area contributed by atoms with E-state index in [1.807, 2.05) is 0 Å². The third-order valence-corrected chi connectivity index (χ3v) is 6.44. The number of rotatable bonds is 3. The van der Waals surface area contributed by atoms with Gasteiger partial charge in [-0.3, -0.25) is 0 Å². The van der Waals surface area contributed by atoms with Crippen molar-refractivity contribution in [1.29, 1.82) is 0 Å². The molecule has 0 unspecified atom stereocenters. The first-order valence-electron chi connectivity index (χ1n) is 3.52. The van der Waals surface area contributed by atoms with Crippen LogP contribution in [0.25, 0.3) is 0 Å². The summed E-state index contributed by atoms with van der Waals surface area (Å²) >= 11 is 8.51. The van der Waals surface area contributed by atoms with Crippen LogP contribution in [0.1, 0.15) is 12.8 Å². The van der Waals surface area contributed by atoms with Gasteiger partial charge in [-0.2, -0.15) is 0 Å². The normalized spacial score (nSPS) is 26.3. The van der Waals surface area contributed by atoms with Crippen LogP contribution in [-0.4, -0.2) is 29.0 Å². The van der Waals surface area contributed by atoms with Crippen molar-refractivity contribution in [1.82, 2.24) is 0 Å². The summed E-state index contributed by atoms with van der Waals surface area (Å²) in [5.41, 5.74) is 0. The van der Waals surface area contributed by atoms with Gasteiger partial charge in [0.1, 0.15) is 6.10 Å². The zero-order valence-corrected chi connectivity index (χ0v) is 9.66. The van der Waals surface area contributed by atoms with Crippen molar-refractivity contribution in [2.24, 2.45) is 5.92 Å². The zero-order chi connectivity index (χ0) is 9.57. The molecular formula is C6H10BrClO3S. The lowest BCUT2D eigenvalue weighted by Gasteiger charge is -2.23. The topological polar surface area (TPSA) is 54.4 Å². The van der Waals surface area contributed by atoms with Gasteiger partial charge in [-0.15, -0.1) is 0 Å². The molecule has 0 heterocycles. The first kappa shape index (κ1) is 10.8. The molecule has 1 N–H and O–H groups in total. The molecule has 1 rings (SSSR count). The van der Waals surface area contributed by atoms with Crippen molar-refractivity contribution in [3.05, 3.63) is 0 Å². The largest absolute Gasteiger partial charge is 0.389 e. The SMILES string of the molecule is CS(=O)(=O)[C@@](Cl)(Br)[C@H](O)C1CC1. The second kappa shape index (κ2) is 3.12. The molecule has 0 aromatic carbocycles. The minimum absolute atomic E-state index is 0.0246. The lowest BCUT2D eigenvalue weighted by atomic mass is 10.3. The fourth-order valence-corrected chi connectivity index (χ4v) is 2.09. The molecule has 0 spiro atoms. The van der Waals surface area contributed by atoms with E-state index in [1.165, 1.54) is 0 Å². The molecule has 0 aromatic heterocycles. The third kappa shape index (κ3) is 1.95. The van der Waals surface area contributed by atoms with Gasteiger partial charge in [-0.1, -0.05) is 11.6 Å². The highest BCUT2D eigenvalue weighted by Gasteiger charge is 2.49. The molecule has 72 valence electrons. The van der Waals surface area contributed by atoms with Crippen LogP contribution >= 0.6 is 27.5 Å². The quantitative estimate of drug-likeness (QED) is 0.786. The van der Waals surface area contributed by atoms with Crippen molar-refractivity contribution in [3.8, 4) is 0 Å². The Labute approximate surface area is 85.1 Å². The van der Waals surface area contributed by atoms with E-state index in [9.17, 15) is 13.5 Å². The molecule has 1 aliphatic carbocycles. The number of aliphatic hydroxyl groups is 1. The summed E-state index contributed by atoms with van der Waals surface area (Å²) < 4.78 is 20.5. The van der Waals surface area contributed by atoms with E-state index in [0.717, 1.165) is 19.1 Å². The Morgan fingerprint density at radius 3 is 2.33 bits per heavy atom. The fourth-order valence-electron chi connectivity index (χ4n) is 0.906. The van der Waals surface area contributed by atoms with Crippen molar-refractivity contribution < 1.29 is 13.5 Å². The Hall–Kier alpha value is 0.680. The minimum Gasteiger partial charge on any atom is -0.389 e. The average molecular weight is 278 g/mol. The number of alkyl halides is 2. The summed E-state index contributed by atoms with van der Waals surface area (Å²) in [7, 11) is -3.47. The number of hydrogen-bond donors (Lipinski definition) is 1. The maximum absolute atomic E-state index is 11.1. The average Bonchev–Trinajstić information content (AvgIpc) is 2.64. The van der Waals surface area contributed by atoms with E-state index >= 15 is 0 Å². The van der Waals surface area contributed by atoms with Gasteiger partial charge >= 0.3 is 0 Å². The second-order valence-corrected chi connectivity index (χ2v) is 8.36. The first-order valence-corrected chi connectivity index (χ1v) is 6.58. The molecule has 0 radical (unpaired) electrons. The molecule has 1 saturated carbocycles. The zero-order valence-electron chi connectivity index (χ0n) is 6.50. The summed E-state index contributed by atoms with van der Waals surface area (Å²) in [4.78, 5) is 0. The van der Waals surface area contributed by atoms with Crippen LogP contribution in [0.3, 0.4) is 0 Å². The van der Waals surface area contributed by atoms with Crippen molar-refractivity contribution in [2.75, 3.05) is 6.26 Å². The predicted molar refractivity (Wildman–Crippen MR) is 51.1 cm³/mol. The van der Waals surface area contributed by atoms with Crippen LogP contribution in [0, 0.1) is 5.92 Å². The molecule has 6 heteroatoms. The molecule has 0 bridgehead atoms. The molecule has 1 fully saturated rings. The van der Waals surface area contributed by atoms with E-state index in [1.54, 1.807) is 0 Å². The van der Waals surface area contributed by atoms with Gasteiger partial charge in [0.05, 0.1) is 0 Å². The fraction of sp³-hybridized carbons (Fsp3) is 1.00. The Bertz CT molecular complexity index is 271. The predicted octanol–water partition coefficient (Wildman–Crippen LogP) is 1.09. The third-order valence-electron chi connectivity index (χ3n) is 1.91. The Kier molecular flexibility index (Phi) is 2.79. The number of aliphatic hydroxyl groups excluding tert-OH is 1. The lowest BCUT2D eigenvalue weighted by molar-refractivity contribution is 0.158. The number of sulfone groups is 1. The standard InChI is InChI=1S/C6H10BrClO3S/c1-12(10,11)6(7,8)5(9)4-2-3-4/h4-5,9H,2-3H2,1H3/t5-,6-/m1/s1. The summed E-state index contributed by atoms with van der Waals surface area (Å²) in [6.07, 6.45) is 1.67. The van der Waals surface area contributed by atoms with Gasteiger partial charge in [0.15, 0.2) is 9.84 Å². The van der Waals surface area contributed by atoms with Crippen molar-refractivity contribution >= 4 is 37.4 Å². The Balaban J connectivity index is 2.83. The monoisotopic (exact) mass is 276 g/mol. The highest BCUT2D eigenvalue weighted by atomic mass is 79.9. The first-order chi connectivity index (χ1) is 5.27. The van der Waals surface area contributed by atoms with E-state index in [-0.39, 0.29) is 5.92 Å². The number of halogens is 2. The Morgan fingerprint density at radius 1 is 1.67 bits per heavy atom. The van der Waals surface area contributed by atoms with Crippen molar-refractivity contribution in [2.45, 2.75) is 22.1 Å². The number of hydrogen-bond acceptors (Lipinski definition) is 3. The van der Waals surface area contributed by atoms with Crippen LogP contribution in [0.5, 0.6) is 0 Å². The molecule has 1 aliphatic rings. The Morgan fingerprint density at radius 2 is 2.08 bits per heavy atom. The molecule has 0 aliphatic heterocycles.